The van der Waals surface area contributed by atoms with Gasteiger partial charge < -0.3 is 14.4 Å². The molecule has 1 aliphatic rings. The van der Waals surface area contributed by atoms with Gasteiger partial charge in [0.2, 0.25) is 0 Å². The monoisotopic (exact) mass is 407 g/mol. The highest BCUT2D eigenvalue weighted by Gasteiger charge is 2.26. The van der Waals surface area contributed by atoms with Crippen LogP contribution < -0.4 is 15.0 Å². The average molecular weight is 407 g/mol. The maximum atomic E-state index is 13.4. The normalized spacial score (nSPS) is 16.5. The summed E-state index contributed by atoms with van der Waals surface area (Å²) in [6.07, 6.45) is 2.08. The molecule has 0 bridgehead atoms. The standard InChI is InChI=1S/C23H25N3O4/c1-15-7-6-10-25(14-15)23(28)21-19-8-4-5-9-20(19)22(27)26(24-21)16-11-17(29-2)13-18(12-16)30-3/h4-5,8-9,11-13,15H,6-7,10,14H2,1-3H3/t15-/m0/s1. The Morgan fingerprint density at radius 2 is 1.73 bits per heavy atom. The van der Waals surface area contributed by atoms with Gasteiger partial charge >= 0.3 is 0 Å². The second-order valence-electron chi connectivity index (χ2n) is 7.68. The number of carbonyl (C=O) groups excluding carboxylic acids is 1. The molecule has 1 saturated heterocycles. The molecular formula is C23H25N3O4. The Hall–Kier alpha value is -3.35. The summed E-state index contributed by atoms with van der Waals surface area (Å²) in [5, 5.41) is 5.54. The Labute approximate surface area is 174 Å². The van der Waals surface area contributed by atoms with E-state index in [9.17, 15) is 9.59 Å². The number of methoxy groups -OCH3 is 2. The predicted molar refractivity (Wildman–Crippen MR) is 115 cm³/mol. The molecule has 0 unspecified atom stereocenters. The van der Waals surface area contributed by atoms with Crippen molar-refractivity contribution < 1.29 is 14.3 Å². The maximum absolute atomic E-state index is 13.4. The summed E-state index contributed by atoms with van der Waals surface area (Å²) in [7, 11) is 3.09. The zero-order valence-corrected chi connectivity index (χ0v) is 17.4. The molecule has 7 nitrogen and oxygen atoms in total. The third-order valence-corrected chi connectivity index (χ3v) is 5.53. The second-order valence-corrected chi connectivity index (χ2v) is 7.68. The van der Waals surface area contributed by atoms with Crippen molar-refractivity contribution in [3.8, 4) is 17.2 Å². The summed E-state index contributed by atoms with van der Waals surface area (Å²) < 4.78 is 11.9. The van der Waals surface area contributed by atoms with Crippen molar-refractivity contribution in [2.24, 2.45) is 5.92 Å². The van der Waals surface area contributed by atoms with Gasteiger partial charge in [-0.1, -0.05) is 25.1 Å². The number of ether oxygens (including phenoxy) is 2. The number of fused-ring (bicyclic) bond motifs is 1. The van der Waals surface area contributed by atoms with Gasteiger partial charge in [0.25, 0.3) is 11.5 Å². The molecule has 1 fully saturated rings. The van der Waals surface area contributed by atoms with Crippen LogP contribution in [0.3, 0.4) is 0 Å². The highest BCUT2D eigenvalue weighted by molar-refractivity contribution is 6.04. The molecule has 2 heterocycles. The van der Waals surface area contributed by atoms with Crippen LogP contribution in [0.5, 0.6) is 11.5 Å². The van der Waals surface area contributed by atoms with Crippen molar-refractivity contribution in [3.05, 3.63) is 58.5 Å². The first-order valence-electron chi connectivity index (χ1n) is 10.1. The highest BCUT2D eigenvalue weighted by Crippen LogP contribution is 2.26. The molecule has 3 aromatic rings. The molecule has 0 aliphatic carbocycles. The van der Waals surface area contributed by atoms with E-state index in [4.69, 9.17) is 9.47 Å². The van der Waals surface area contributed by atoms with Gasteiger partial charge in [0.05, 0.1) is 25.3 Å². The van der Waals surface area contributed by atoms with Gasteiger partial charge in [0, 0.05) is 36.7 Å². The number of hydrogen-bond donors (Lipinski definition) is 0. The zero-order valence-electron chi connectivity index (χ0n) is 17.4. The van der Waals surface area contributed by atoms with E-state index in [1.54, 1.807) is 50.6 Å². The molecule has 0 radical (unpaired) electrons. The predicted octanol–water partition coefficient (Wildman–Crippen LogP) is 3.28. The lowest BCUT2D eigenvalue weighted by Gasteiger charge is -2.31. The smallest absolute Gasteiger partial charge is 0.279 e. The number of benzene rings is 2. The minimum Gasteiger partial charge on any atom is -0.497 e. The fourth-order valence-corrected chi connectivity index (χ4v) is 3.96. The highest BCUT2D eigenvalue weighted by atomic mass is 16.5. The molecule has 30 heavy (non-hydrogen) atoms. The molecule has 7 heteroatoms. The van der Waals surface area contributed by atoms with E-state index in [1.165, 1.54) is 4.68 Å². The van der Waals surface area contributed by atoms with Crippen molar-refractivity contribution in [3.63, 3.8) is 0 Å². The SMILES string of the molecule is COc1cc(OC)cc(-n2nc(C(=O)N3CCC[C@H](C)C3)c3ccccc3c2=O)c1. The van der Waals surface area contributed by atoms with Gasteiger partial charge in [0.1, 0.15) is 11.5 Å². The van der Waals surface area contributed by atoms with Gasteiger partial charge in [-0.2, -0.15) is 9.78 Å². The number of nitrogens with zero attached hydrogens (tertiary/aromatic N) is 3. The van der Waals surface area contributed by atoms with Crippen molar-refractivity contribution in [2.75, 3.05) is 27.3 Å². The lowest BCUT2D eigenvalue weighted by atomic mass is 9.99. The number of likely N-dealkylation sites (tertiary alicyclic amines) is 1. The first kappa shape index (κ1) is 19.9. The topological polar surface area (TPSA) is 73.7 Å². The summed E-state index contributed by atoms with van der Waals surface area (Å²) in [5.41, 5.74) is 0.452. The summed E-state index contributed by atoms with van der Waals surface area (Å²) in [6.45, 7) is 3.54. The van der Waals surface area contributed by atoms with E-state index >= 15 is 0 Å². The number of hydrogen-bond acceptors (Lipinski definition) is 5. The van der Waals surface area contributed by atoms with Crippen LogP contribution in [0.2, 0.25) is 0 Å². The first-order chi connectivity index (χ1) is 14.5. The molecule has 2 aromatic carbocycles. The van der Waals surface area contributed by atoms with E-state index in [0.717, 1.165) is 12.8 Å². The molecule has 4 rings (SSSR count). The van der Waals surface area contributed by atoms with E-state index in [0.29, 0.717) is 47.0 Å². The van der Waals surface area contributed by atoms with Crippen molar-refractivity contribution >= 4 is 16.7 Å². The van der Waals surface area contributed by atoms with Crippen molar-refractivity contribution in [1.82, 2.24) is 14.7 Å². The van der Waals surface area contributed by atoms with Gasteiger partial charge in [-0.25, -0.2) is 0 Å². The molecule has 1 amide bonds. The Morgan fingerprint density at radius 3 is 2.37 bits per heavy atom. The number of carbonyl (C=O) groups is 1. The summed E-state index contributed by atoms with van der Waals surface area (Å²) in [6, 6.07) is 12.2. The van der Waals surface area contributed by atoms with Crippen molar-refractivity contribution in [1.29, 1.82) is 0 Å². The zero-order chi connectivity index (χ0) is 21.3. The summed E-state index contributed by atoms with van der Waals surface area (Å²) >= 11 is 0. The van der Waals surface area contributed by atoms with Crippen LogP contribution in [0.25, 0.3) is 16.5 Å². The molecule has 1 aromatic heterocycles. The van der Waals surface area contributed by atoms with E-state index in [-0.39, 0.29) is 17.2 Å². The molecule has 0 saturated carbocycles. The number of piperidine rings is 1. The summed E-state index contributed by atoms with van der Waals surface area (Å²) in [5.74, 6) is 1.36. The Morgan fingerprint density at radius 1 is 1.07 bits per heavy atom. The van der Waals surface area contributed by atoms with Crippen LogP contribution in [0.4, 0.5) is 0 Å². The third-order valence-electron chi connectivity index (χ3n) is 5.53. The number of aromatic nitrogens is 2. The summed E-state index contributed by atoms with van der Waals surface area (Å²) in [4.78, 5) is 28.5. The van der Waals surface area contributed by atoms with Crippen molar-refractivity contribution in [2.45, 2.75) is 19.8 Å². The van der Waals surface area contributed by atoms with E-state index < -0.39 is 0 Å². The number of rotatable bonds is 4. The molecule has 0 spiro atoms. The van der Waals surface area contributed by atoms with Gasteiger partial charge in [-0.15, -0.1) is 0 Å². The maximum Gasteiger partial charge on any atom is 0.279 e. The largest absolute Gasteiger partial charge is 0.497 e. The van der Waals surface area contributed by atoms with Gasteiger partial charge in [0.15, 0.2) is 5.69 Å². The lowest BCUT2D eigenvalue weighted by molar-refractivity contribution is 0.0677. The minimum atomic E-state index is -0.301. The second kappa shape index (κ2) is 8.18. The van der Waals surface area contributed by atoms with E-state index in [2.05, 4.69) is 12.0 Å². The first-order valence-corrected chi connectivity index (χ1v) is 10.1. The quantitative estimate of drug-likeness (QED) is 0.664. The average Bonchev–Trinajstić information content (AvgIpc) is 2.78. The van der Waals surface area contributed by atoms with Crippen LogP contribution in [0.1, 0.15) is 30.3 Å². The van der Waals surface area contributed by atoms with Crippen LogP contribution in [-0.4, -0.2) is 47.9 Å². The van der Waals surface area contributed by atoms with Crippen LogP contribution in [0.15, 0.2) is 47.3 Å². The molecule has 0 N–H and O–H groups in total. The van der Waals surface area contributed by atoms with Crippen LogP contribution in [0, 0.1) is 5.92 Å². The Balaban J connectivity index is 1.91. The molecule has 1 aliphatic heterocycles. The van der Waals surface area contributed by atoms with Gasteiger partial charge in [-0.3, -0.25) is 9.59 Å². The lowest BCUT2D eigenvalue weighted by Crippen LogP contribution is -2.40. The van der Waals surface area contributed by atoms with E-state index in [1.807, 2.05) is 11.0 Å². The fourth-order valence-electron chi connectivity index (χ4n) is 3.96. The van der Waals surface area contributed by atoms with Crippen LogP contribution >= 0.6 is 0 Å². The fraction of sp³-hybridized carbons (Fsp3) is 0.348. The molecule has 1 atom stereocenters. The Kier molecular flexibility index (Phi) is 5.44. The minimum absolute atomic E-state index is 0.152. The molecule has 156 valence electrons. The Bertz CT molecular complexity index is 1130. The van der Waals surface area contributed by atoms with Gasteiger partial charge in [-0.05, 0) is 24.8 Å². The molecular weight excluding hydrogens is 382 g/mol. The third kappa shape index (κ3) is 3.63. The number of amides is 1. The van der Waals surface area contributed by atoms with Crippen LogP contribution in [-0.2, 0) is 0 Å².